The molecule has 0 aliphatic carbocycles. The Labute approximate surface area is 73.2 Å². The zero-order valence-corrected chi connectivity index (χ0v) is 6.58. The average Bonchev–Trinajstić information content (AvgIpc) is 2.11. The van der Waals surface area contributed by atoms with Gasteiger partial charge in [0.15, 0.2) is 12.7 Å². The van der Waals surface area contributed by atoms with Crippen LogP contribution in [0.4, 0.5) is 0 Å². The monoisotopic (exact) mass is 194 g/mol. The Morgan fingerprint density at radius 2 is 1.85 bits per heavy atom. The molecular weight excluding hydrogens is 184 g/mol. The van der Waals surface area contributed by atoms with Crippen LogP contribution in [0.25, 0.3) is 0 Å². The van der Waals surface area contributed by atoms with E-state index >= 15 is 0 Å². The molecule has 7 heteroatoms. The fourth-order valence-electron chi connectivity index (χ4n) is 0.475. The number of ether oxygens (including phenoxy) is 1. The van der Waals surface area contributed by atoms with Crippen molar-refractivity contribution in [3.8, 4) is 0 Å². The summed E-state index contributed by atoms with van der Waals surface area (Å²) in [5.41, 5.74) is 0. The van der Waals surface area contributed by atoms with Crippen LogP contribution < -0.4 is 0 Å². The second-order valence-electron chi connectivity index (χ2n) is 2.20. The minimum absolute atomic E-state index is 0.816. The van der Waals surface area contributed by atoms with Crippen LogP contribution in [0.5, 0.6) is 0 Å². The van der Waals surface area contributed by atoms with Crippen molar-refractivity contribution in [2.24, 2.45) is 0 Å². The number of carbonyl (C=O) groups excluding carboxylic acids is 1. The van der Waals surface area contributed by atoms with Gasteiger partial charge in [-0.2, -0.15) is 0 Å². The normalized spacial score (nSPS) is 14.7. The van der Waals surface area contributed by atoms with Crippen molar-refractivity contribution in [3.05, 3.63) is 0 Å². The third-order valence-electron chi connectivity index (χ3n) is 1.13. The molecule has 76 valence electrons. The van der Waals surface area contributed by atoms with E-state index in [9.17, 15) is 9.59 Å². The summed E-state index contributed by atoms with van der Waals surface area (Å²) >= 11 is 0. The molecule has 0 spiro atoms. The van der Waals surface area contributed by atoms with Crippen LogP contribution in [-0.4, -0.2) is 57.8 Å². The lowest BCUT2D eigenvalue weighted by Crippen LogP contribution is -2.38. The molecule has 0 amide bonds. The zero-order chi connectivity index (χ0) is 10.4. The van der Waals surface area contributed by atoms with E-state index in [2.05, 4.69) is 4.74 Å². The van der Waals surface area contributed by atoms with Gasteiger partial charge in [-0.15, -0.1) is 0 Å². The van der Waals surface area contributed by atoms with Crippen molar-refractivity contribution in [3.63, 3.8) is 0 Å². The molecule has 0 heterocycles. The summed E-state index contributed by atoms with van der Waals surface area (Å²) < 4.78 is 4.03. The number of rotatable bonds is 5. The van der Waals surface area contributed by atoms with Crippen molar-refractivity contribution in [1.82, 2.24) is 0 Å². The van der Waals surface area contributed by atoms with Gasteiger partial charge < -0.3 is 25.2 Å². The van der Waals surface area contributed by atoms with Crippen LogP contribution in [0.3, 0.4) is 0 Å². The molecule has 13 heavy (non-hydrogen) atoms. The van der Waals surface area contributed by atoms with Crippen molar-refractivity contribution in [2.75, 3.05) is 13.2 Å². The van der Waals surface area contributed by atoms with E-state index in [0.717, 1.165) is 0 Å². The number of aliphatic hydroxyl groups is 3. The summed E-state index contributed by atoms with van der Waals surface area (Å²) in [7, 11) is 0. The maximum atomic E-state index is 10.6. The second-order valence-corrected chi connectivity index (χ2v) is 2.20. The summed E-state index contributed by atoms with van der Waals surface area (Å²) in [4.78, 5) is 20.5. The van der Waals surface area contributed by atoms with Gasteiger partial charge in [0.05, 0.1) is 6.61 Å². The van der Waals surface area contributed by atoms with Crippen LogP contribution in [-0.2, 0) is 14.3 Å². The molecule has 0 aromatic carbocycles. The Morgan fingerprint density at radius 1 is 1.31 bits per heavy atom. The van der Waals surface area contributed by atoms with E-state index < -0.39 is 37.4 Å². The zero-order valence-electron chi connectivity index (χ0n) is 6.58. The van der Waals surface area contributed by atoms with Crippen LogP contribution in [0.1, 0.15) is 0 Å². The van der Waals surface area contributed by atoms with E-state index in [-0.39, 0.29) is 0 Å². The minimum atomic E-state index is -1.93. The highest BCUT2D eigenvalue weighted by Gasteiger charge is 2.25. The Hall–Kier alpha value is -1.18. The third kappa shape index (κ3) is 4.41. The SMILES string of the molecule is O=C(O)COC(=O)[C@H](O)[C@H](O)CO. The number of aliphatic hydroxyl groups excluding tert-OH is 3. The van der Waals surface area contributed by atoms with Crippen molar-refractivity contribution < 1.29 is 34.8 Å². The highest BCUT2D eigenvalue weighted by atomic mass is 16.6. The van der Waals surface area contributed by atoms with Gasteiger partial charge in [0.2, 0.25) is 0 Å². The molecule has 0 saturated heterocycles. The minimum Gasteiger partial charge on any atom is -0.479 e. The largest absolute Gasteiger partial charge is 0.479 e. The fourth-order valence-corrected chi connectivity index (χ4v) is 0.475. The first kappa shape index (κ1) is 11.8. The maximum Gasteiger partial charge on any atom is 0.341 e. The molecule has 0 aliphatic heterocycles. The topological polar surface area (TPSA) is 124 Å². The Kier molecular flexibility index (Phi) is 4.97. The molecule has 0 bridgehead atoms. The number of carboxylic acid groups (broad SMARTS) is 1. The molecule has 0 saturated carbocycles. The predicted molar refractivity (Wildman–Crippen MR) is 37.7 cm³/mol. The number of hydrogen-bond acceptors (Lipinski definition) is 6. The van der Waals surface area contributed by atoms with Gasteiger partial charge in [-0.1, -0.05) is 0 Å². The molecule has 0 radical (unpaired) electrons. The molecule has 0 aromatic rings. The van der Waals surface area contributed by atoms with Crippen molar-refractivity contribution in [2.45, 2.75) is 12.2 Å². The molecular formula is C6H10O7. The summed E-state index contributed by atoms with van der Waals surface area (Å²) in [5.74, 6) is -2.66. The first-order valence-corrected chi connectivity index (χ1v) is 3.34. The summed E-state index contributed by atoms with van der Waals surface area (Å²) in [5, 5.41) is 33.9. The lowest BCUT2D eigenvalue weighted by molar-refractivity contribution is -0.167. The molecule has 0 aliphatic rings. The lowest BCUT2D eigenvalue weighted by Gasteiger charge is -2.13. The van der Waals surface area contributed by atoms with Gasteiger partial charge >= 0.3 is 11.9 Å². The highest BCUT2D eigenvalue weighted by Crippen LogP contribution is 1.95. The van der Waals surface area contributed by atoms with Crippen molar-refractivity contribution in [1.29, 1.82) is 0 Å². The molecule has 7 nitrogen and oxygen atoms in total. The highest BCUT2D eigenvalue weighted by molar-refractivity contribution is 5.78. The smallest absolute Gasteiger partial charge is 0.341 e. The molecule has 2 atom stereocenters. The van der Waals surface area contributed by atoms with E-state index in [1.54, 1.807) is 0 Å². The molecule has 4 N–H and O–H groups in total. The van der Waals surface area contributed by atoms with Gasteiger partial charge in [0.1, 0.15) is 6.10 Å². The quantitative estimate of drug-likeness (QED) is 0.352. The number of esters is 1. The first-order chi connectivity index (χ1) is 5.99. The van der Waals surface area contributed by atoms with Gasteiger partial charge in [-0.25, -0.2) is 9.59 Å². The number of carboxylic acids is 1. The Morgan fingerprint density at radius 3 is 2.23 bits per heavy atom. The second kappa shape index (κ2) is 5.46. The Bertz CT molecular complexity index is 189. The standard InChI is InChI=1S/C6H10O7/c7-1-3(8)5(11)6(12)13-2-4(9)10/h3,5,7-8,11H,1-2H2,(H,9,10)/t3-,5-/m1/s1. The Balaban J connectivity index is 3.89. The van der Waals surface area contributed by atoms with Gasteiger partial charge in [-0.05, 0) is 0 Å². The van der Waals surface area contributed by atoms with E-state index in [4.69, 9.17) is 20.4 Å². The van der Waals surface area contributed by atoms with Crippen LogP contribution in [0, 0.1) is 0 Å². The van der Waals surface area contributed by atoms with Gasteiger partial charge in [0.25, 0.3) is 0 Å². The summed E-state index contributed by atoms with van der Waals surface area (Å²) in [6.07, 6.45) is -3.59. The molecule has 0 fully saturated rings. The average molecular weight is 194 g/mol. The van der Waals surface area contributed by atoms with Crippen LogP contribution >= 0.6 is 0 Å². The van der Waals surface area contributed by atoms with Crippen molar-refractivity contribution >= 4 is 11.9 Å². The predicted octanol–water partition coefficient (Wildman–Crippen LogP) is -2.67. The van der Waals surface area contributed by atoms with Crippen LogP contribution in [0.15, 0.2) is 0 Å². The number of aliphatic carboxylic acids is 1. The third-order valence-corrected chi connectivity index (χ3v) is 1.13. The van der Waals surface area contributed by atoms with Gasteiger partial charge in [0, 0.05) is 0 Å². The summed E-state index contributed by atoms with van der Waals surface area (Å²) in [6, 6.07) is 0. The van der Waals surface area contributed by atoms with E-state index in [0.29, 0.717) is 0 Å². The fraction of sp³-hybridized carbons (Fsp3) is 0.667. The summed E-state index contributed by atoms with van der Waals surface area (Å²) in [6.45, 7) is -1.71. The number of carbonyl (C=O) groups is 2. The van der Waals surface area contributed by atoms with E-state index in [1.807, 2.05) is 0 Å². The number of hydrogen-bond donors (Lipinski definition) is 4. The van der Waals surface area contributed by atoms with Gasteiger partial charge in [-0.3, -0.25) is 0 Å². The first-order valence-electron chi connectivity index (χ1n) is 3.34. The molecule has 0 aromatic heterocycles. The maximum absolute atomic E-state index is 10.6. The van der Waals surface area contributed by atoms with E-state index in [1.165, 1.54) is 0 Å². The molecule has 0 unspecified atom stereocenters. The molecule has 0 rings (SSSR count). The van der Waals surface area contributed by atoms with Crippen LogP contribution in [0.2, 0.25) is 0 Å². The lowest BCUT2D eigenvalue weighted by atomic mass is 10.2.